The number of hydrogen-bond acceptors (Lipinski definition) is 2. The Morgan fingerprint density at radius 2 is 1.80 bits per heavy atom. The molecule has 0 spiro atoms. The highest BCUT2D eigenvalue weighted by atomic mass is 19.1. The van der Waals surface area contributed by atoms with E-state index in [0.717, 1.165) is 22.5 Å². The van der Waals surface area contributed by atoms with Crippen molar-refractivity contribution in [2.45, 2.75) is 6.92 Å². The van der Waals surface area contributed by atoms with Crippen LogP contribution in [0, 0.1) is 12.7 Å². The Bertz CT molecular complexity index is 745. The van der Waals surface area contributed by atoms with E-state index in [1.54, 1.807) is 22.9 Å². The highest BCUT2D eigenvalue weighted by molar-refractivity contribution is 5.63. The largest absolute Gasteiger partial charge is 0.384 e. The fraction of sp³-hybridized carbons (Fsp3) is 0.0625. The summed E-state index contributed by atoms with van der Waals surface area (Å²) >= 11 is 0. The van der Waals surface area contributed by atoms with Gasteiger partial charge in [-0.3, -0.25) is 0 Å². The molecule has 20 heavy (non-hydrogen) atoms. The minimum Gasteiger partial charge on any atom is -0.384 e. The van der Waals surface area contributed by atoms with Crippen LogP contribution in [-0.2, 0) is 0 Å². The van der Waals surface area contributed by atoms with Gasteiger partial charge in [0.05, 0.1) is 11.4 Å². The summed E-state index contributed by atoms with van der Waals surface area (Å²) in [6, 6.07) is 15.9. The van der Waals surface area contributed by atoms with E-state index in [-0.39, 0.29) is 5.82 Å². The van der Waals surface area contributed by atoms with E-state index in [9.17, 15) is 4.39 Å². The van der Waals surface area contributed by atoms with Gasteiger partial charge in [0.25, 0.3) is 0 Å². The molecule has 3 nitrogen and oxygen atoms in total. The average molecular weight is 267 g/mol. The second-order valence-corrected chi connectivity index (χ2v) is 4.71. The molecule has 100 valence electrons. The molecule has 0 fully saturated rings. The number of benzene rings is 2. The molecule has 0 bridgehead atoms. The predicted molar refractivity (Wildman–Crippen MR) is 78.1 cm³/mol. The zero-order valence-corrected chi connectivity index (χ0v) is 11.0. The average Bonchev–Trinajstić information content (AvgIpc) is 2.82. The Labute approximate surface area is 116 Å². The standard InChI is InChI=1S/C16H14FN3/c1-11-3-2-4-14(9-11)20-16(18)10-15(19-20)12-5-7-13(17)8-6-12/h2-10H,18H2,1H3. The number of nitrogens with zero attached hydrogens (tertiary/aromatic N) is 2. The molecule has 0 saturated heterocycles. The van der Waals surface area contributed by atoms with Gasteiger partial charge in [-0.1, -0.05) is 12.1 Å². The predicted octanol–water partition coefficient (Wildman–Crippen LogP) is 3.57. The van der Waals surface area contributed by atoms with Crippen LogP contribution >= 0.6 is 0 Å². The van der Waals surface area contributed by atoms with Crippen molar-refractivity contribution in [3.63, 3.8) is 0 Å². The van der Waals surface area contributed by atoms with Crippen LogP contribution in [0.5, 0.6) is 0 Å². The molecule has 1 heterocycles. The first-order chi connectivity index (χ1) is 9.63. The second kappa shape index (κ2) is 4.81. The maximum Gasteiger partial charge on any atom is 0.127 e. The molecule has 0 aliphatic rings. The van der Waals surface area contributed by atoms with Gasteiger partial charge in [0.2, 0.25) is 0 Å². The molecule has 2 N–H and O–H groups in total. The third-order valence-electron chi connectivity index (χ3n) is 3.12. The van der Waals surface area contributed by atoms with Crippen LogP contribution in [0.25, 0.3) is 16.9 Å². The van der Waals surface area contributed by atoms with E-state index in [0.29, 0.717) is 5.82 Å². The Hall–Kier alpha value is -2.62. The summed E-state index contributed by atoms with van der Waals surface area (Å²) in [4.78, 5) is 0. The summed E-state index contributed by atoms with van der Waals surface area (Å²) in [7, 11) is 0. The molecule has 0 aliphatic carbocycles. The molecule has 3 aromatic rings. The van der Waals surface area contributed by atoms with Gasteiger partial charge in [0.1, 0.15) is 11.6 Å². The summed E-state index contributed by atoms with van der Waals surface area (Å²) in [5.74, 6) is 0.287. The molecule has 2 aromatic carbocycles. The summed E-state index contributed by atoms with van der Waals surface area (Å²) in [5.41, 5.74) is 9.63. The van der Waals surface area contributed by atoms with Gasteiger partial charge in [0, 0.05) is 11.6 Å². The lowest BCUT2D eigenvalue weighted by Gasteiger charge is -2.04. The summed E-state index contributed by atoms with van der Waals surface area (Å²) in [5, 5.41) is 4.49. The first-order valence-electron chi connectivity index (χ1n) is 6.32. The Morgan fingerprint density at radius 3 is 2.50 bits per heavy atom. The van der Waals surface area contributed by atoms with E-state index in [1.807, 2.05) is 31.2 Å². The van der Waals surface area contributed by atoms with E-state index < -0.39 is 0 Å². The summed E-state index contributed by atoms with van der Waals surface area (Å²) in [6.45, 7) is 2.02. The summed E-state index contributed by atoms with van der Waals surface area (Å²) < 4.78 is 14.6. The van der Waals surface area contributed by atoms with Gasteiger partial charge in [-0.15, -0.1) is 0 Å². The number of rotatable bonds is 2. The number of anilines is 1. The van der Waals surface area contributed by atoms with Crippen molar-refractivity contribution in [3.05, 3.63) is 66.0 Å². The molecule has 0 radical (unpaired) electrons. The van der Waals surface area contributed by atoms with Crippen LogP contribution in [0.2, 0.25) is 0 Å². The van der Waals surface area contributed by atoms with Gasteiger partial charge < -0.3 is 5.73 Å². The van der Waals surface area contributed by atoms with E-state index >= 15 is 0 Å². The van der Waals surface area contributed by atoms with Gasteiger partial charge in [0.15, 0.2) is 0 Å². The van der Waals surface area contributed by atoms with Gasteiger partial charge in [-0.25, -0.2) is 9.07 Å². The minimum absolute atomic E-state index is 0.264. The van der Waals surface area contributed by atoms with Crippen molar-refractivity contribution >= 4 is 5.82 Å². The molecule has 0 unspecified atom stereocenters. The van der Waals surface area contributed by atoms with Crippen molar-refractivity contribution in [2.75, 3.05) is 5.73 Å². The Kier molecular flexibility index (Phi) is 2.99. The first-order valence-corrected chi connectivity index (χ1v) is 6.32. The number of nitrogen functional groups attached to an aromatic ring is 1. The third-order valence-corrected chi connectivity index (χ3v) is 3.12. The second-order valence-electron chi connectivity index (χ2n) is 4.71. The smallest absolute Gasteiger partial charge is 0.127 e. The molecule has 0 amide bonds. The number of halogens is 1. The van der Waals surface area contributed by atoms with Crippen LogP contribution in [0.15, 0.2) is 54.6 Å². The van der Waals surface area contributed by atoms with Gasteiger partial charge >= 0.3 is 0 Å². The van der Waals surface area contributed by atoms with E-state index in [1.165, 1.54) is 12.1 Å². The minimum atomic E-state index is -0.264. The number of aryl methyl sites for hydroxylation is 1. The lowest BCUT2D eigenvalue weighted by molar-refractivity contribution is 0.628. The van der Waals surface area contributed by atoms with Crippen molar-refractivity contribution in [2.24, 2.45) is 0 Å². The Balaban J connectivity index is 2.05. The molecule has 0 saturated carbocycles. The van der Waals surface area contributed by atoms with Gasteiger partial charge in [-0.2, -0.15) is 5.10 Å². The maximum absolute atomic E-state index is 12.9. The SMILES string of the molecule is Cc1cccc(-n2nc(-c3ccc(F)cc3)cc2N)c1. The van der Waals surface area contributed by atoms with Crippen LogP contribution in [0.4, 0.5) is 10.2 Å². The fourth-order valence-electron chi connectivity index (χ4n) is 2.12. The quantitative estimate of drug-likeness (QED) is 0.771. The lowest BCUT2D eigenvalue weighted by atomic mass is 10.1. The van der Waals surface area contributed by atoms with Crippen LogP contribution < -0.4 is 5.73 Å². The van der Waals surface area contributed by atoms with Crippen molar-refractivity contribution in [1.82, 2.24) is 9.78 Å². The number of hydrogen-bond donors (Lipinski definition) is 1. The van der Waals surface area contributed by atoms with E-state index in [4.69, 9.17) is 5.73 Å². The molecular formula is C16H14FN3. The summed E-state index contributed by atoms with van der Waals surface area (Å²) in [6.07, 6.45) is 0. The fourth-order valence-corrected chi connectivity index (χ4v) is 2.12. The highest BCUT2D eigenvalue weighted by Crippen LogP contribution is 2.23. The highest BCUT2D eigenvalue weighted by Gasteiger charge is 2.09. The zero-order chi connectivity index (χ0) is 14.1. The number of aromatic nitrogens is 2. The van der Waals surface area contributed by atoms with Crippen LogP contribution in [0.1, 0.15) is 5.56 Å². The molecule has 3 rings (SSSR count). The monoisotopic (exact) mass is 267 g/mol. The third kappa shape index (κ3) is 2.28. The first kappa shape index (κ1) is 12.4. The molecule has 0 atom stereocenters. The molecule has 1 aromatic heterocycles. The van der Waals surface area contributed by atoms with Crippen LogP contribution in [0.3, 0.4) is 0 Å². The van der Waals surface area contributed by atoms with Crippen LogP contribution in [-0.4, -0.2) is 9.78 Å². The maximum atomic E-state index is 12.9. The van der Waals surface area contributed by atoms with E-state index in [2.05, 4.69) is 5.10 Å². The topological polar surface area (TPSA) is 43.8 Å². The molecule has 4 heteroatoms. The molecular weight excluding hydrogens is 253 g/mol. The van der Waals surface area contributed by atoms with Gasteiger partial charge in [-0.05, 0) is 48.9 Å². The van der Waals surface area contributed by atoms with Crippen molar-refractivity contribution < 1.29 is 4.39 Å². The Morgan fingerprint density at radius 1 is 1.05 bits per heavy atom. The lowest BCUT2D eigenvalue weighted by Crippen LogP contribution is -2.01. The zero-order valence-electron chi connectivity index (χ0n) is 11.0. The van der Waals surface area contributed by atoms with Crippen molar-refractivity contribution in [3.8, 4) is 16.9 Å². The normalized spacial score (nSPS) is 10.7. The van der Waals surface area contributed by atoms with Crippen molar-refractivity contribution in [1.29, 1.82) is 0 Å². The number of nitrogens with two attached hydrogens (primary N) is 1. The molecule has 0 aliphatic heterocycles.